The first-order valence-corrected chi connectivity index (χ1v) is 5.53. The van der Waals surface area contributed by atoms with Gasteiger partial charge >= 0.3 is 6.18 Å². The van der Waals surface area contributed by atoms with Gasteiger partial charge in [-0.25, -0.2) is 0 Å². The van der Waals surface area contributed by atoms with Crippen LogP contribution in [0.3, 0.4) is 0 Å². The third kappa shape index (κ3) is 2.65. The van der Waals surface area contributed by atoms with E-state index in [0.717, 1.165) is 6.07 Å². The highest BCUT2D eigenvalue weighted by atomic mass is 19.4. The van der Waals surface area contributed by atoms with E-state index in [9.17, 15) is 13.2 Å². The maximum Gasteiger partial charge on any atom is 0.419 e. The minimum Gasteiger partial charge on any atom is -0.496 e. The molecule has 2 nitrogen and oxygen atoms in total. The quantitative estimate of drug-likeness (QED) is 0.836. The summed E-state index contributed by atoms with van der Waals surface area (Å²) < 4.78 is 43.6. The zero-order chi connectivity index (χ0) is 14.0. The lowest BCUT2D eigenvalue weighted by Gasteiger charge is -2.15. The van der Waals surface area contributed by atoms with Crippen molar-refractivity contribution in [3.8, 4) is 16.9 Å². The molecule has 0 amide bonds. The van der Waals surface area contributed by atoms with Crippen molar-refractivity contribution in [3.05, 3.63) is 48.0 Å². The van der Waals surface area contributed by atoms with Gasteiger partial charge in [0.05, 0.1) is 12.7 Å². The van der Waals surface area contributed by atoms with Crippen molar-refractivity contribution in [1.29, 1.82) is 0 Å². The van der Waals surface area contributed by atoms with Gasteiger partial charge in [0, 0.05) is 17.3 Å². The number of hydrogen-bond donors (Lipinski definition) is 1. The summed E-state index contributed by atoms with van der Waals surface area (Å²) in [5, 5.41) is 0. The maximum atomic E-state index is 12.9. The van der Waals surface area contributed by atoms with Crippen LogP contribution in [0.5, 0.6) is 5.75 Å². The molecule has 2 aromatic rings. The third-order valence-electron chi connectivity index (χ3n) is 2.76. The minimum absolute atomic E-state index is 0.246. The summed E-state index contributed by atoms with van der Waals surface area (Å²) in [5.74, 6) is -0.273. The summed E-state index contributed by atoms with van der Waals surface area (Å²) in [6, 6.07) is 10.9. The van der Waals surface area contributed by atoms with E-state index in [1.165, 1.54) is 13.2 Å². The Hall–Kier alpha value is -2.17. The van der Waals surface area contributed by atoms with E-state index < -0.39 is 11.7 Å². The Balaban J connectivity index is 2.64. The number of rotatable bonds is 2. The number of anilines is 1. The van der Waals surface area contributed by atoms with Crippen molar-refractivity contribution in [3.63, 3.8) is 0 Å². The van der Waals surface area contributed by atoms with Crippen molar-refractivity contribution >= 4 is 5.69 Å². The smallest absolute Gasteiger partial charge is 0.419 e. The fourth-order valence-corrected chi connectivity index (χ4v) is 1.85. The zero-order valence-corrected chi connectivity index (χ0v) is 10.2. The topological polar surface area (TPSA) is 35.2 Å². The van der Waals surface area contributed by atoms with Gasteiger partial charge < -0.3 is 10.5 Å². The Morgan fingerprint density at radius 2 is 1.68 bits per heavy atom. The van der Waals surface area contributed by atoms with Crippen LogP contribution in [0.15, 0.2) is 42.5 Å². The van der Waals surface area contributed by atoms with E-state index in [1.54, 1.807) is 30.3 Å². The summed E-state index contributed by atoms with van der Waals surface area (Å²) >= 11 is 0. The van der Waals surface area contributed by atoms with Gasteiger partial charge in [0.1, 0.15) is 5.75 Å². The molecule has 19 heavy (non-hydrogen) atoms. The minimum atomic E-state index is -4.48. The Kier molecular flexibility index (Phi) is 3.38. The maximum absolute atomic E-state index is 12.9. The lowest BCUT2D eigenvalue weighted by molar-refractivity contribution is -0.138. The number of methoxy groups -OCH3 is 1. The Morgan fingerprint density at radius 3 is 2.21 bits per heavy atom. The van der Waals surface area contributed by atoms with Gasteiger partial charge in [-0.3, -0.25) is 0 Å². The van der Waals surface area contributed by atoms with Gasteiger partial charge in [-0.15, -0.1) is 0 Å². The SMILES string of the molecule is COc1cc(N)c(-c2ccccc2)cc1C(F)(F)F. The molecule has 0 heterocycles. The van der Waals surface area contributed by atoms with E-state index in [2.05, 4.69) is 0 Å². The molecule has 0 aliphatic carbocycles. The monoisotopic (exact) mass is 267 g/mol. The predicted octanol–water partition coefficient (Wildman–Crippen LogP) is 3.96. The van der Waals surface area contributed by atoms with Crippen LogP contribution in [0, 0.1) is 0 Å². The number of hydrogen-bond acceptors (Lipinski definition) is 2. The highest BCUT2D eigenvalue weighted by Gasteiger charge is 2.35. The van der Waals surface area contributed by atoms with E-state index in [4.69, 9.17) is 10.5 Å². The van der Waals surface area contributed by atoms with Crippen LogP contribution in [-0.2, 0) is 6.18 Å². The number of ether oxygens (including phenoxy) is 1. The number of nitrogens with two attached hydrogens (primary N) is 1. The average Bonchev–Trinajstić information content (AvgIpc) is 2.38. The summed E-state index contributed by atoms with van der Waals surface area (Å²) in [6.45, 7) is 0. The second-order valence-electron chi connectivity index (χ2n) is 4.00. The molecule has 2 aromatic carbocycles. The van der Waals surface area contributed by atoms with Crippen LogP contribution in [-0.4, -0.2) is 7.11 Å². The summed E-state index contributed by atoms with van der Waals surface area (Å²) in [7, 11) is 1.19. The summed E-state index contributed by atoms with van der Waals surface area (Å²) in [6.07, 6.45) is -4.48. The molecule has 0 aliphatic rings. The first-order valence-electron chi connectivity index (χ1n) is 5.53. The van der Waals surface area contributed by atoms with Crippen molar-refractivity contribution in [1.82, 2.24) is 0 Å². The van der Waals surface area contributed by atoms with Crippen LogP contribution < -0.4 is 10.5 Å². The highest BCUT2D eigenvalue weighted by Crippen LogP contribution is 2.41. The molecular weight excluding hydrogens is 255 g/mol. The normalized spacial score (nSPS) is 11.4. The number of halogens is 3. The second kappa shape index (κ2) is 4.84. The summed E-state index contributed by atoms with van der Waals surface area (Å²) in [4.78, 5) is 0. The van der Waals surface area contributed by atoms with Gasteiger partial charge in [-0.1, -0.05) is 30.3 Å². The van der Waals surface area contributed by atoms with Crippen molar-refractivity contribution in [2.45, 2.75) is 6.18 Å². The second-order valence-corrected chi connectivity index (χ2v) is 4.00. The Morgan fingerprint density at radius 1 is 1.05 bits per heavy atom. The highest BCUT2D eigenvalue weighted by molar-refractivity contribution is 5.78. The van der Waals surface area contributed by atoms with Crippen LogP contribution >= 0.6 is 0 Å². The number of alkyl halides is 3. The van der Waals surface area contributed by atoms with Crippen molar-refractivity contribution in [2.75, 3.05) is 12.8 Å². The summed E-state index contributed by atoms with van der Waals surface area (Å²) in [5.41, 5.74) is 6.18. The molecule has 5 heteroatoms. The van der Waals surface area contributed by atoms with E-state index in [-0.39, 0.29) is 11.4 Å². The van der Waals surface area contributed by atoms with Gasteiger partial charge in [-0.05, 0) is 11.6 Å². The standard InChI is InChI=1S/C14H12F3NO/c1-19-13-8-12(18)10(7-11(13)14(15,16)17)9-5-3-2-4-6-9/h2-8H,18H2,1H3. The molecule has 0 radical (unpaired) electrons. The largest absolute Gasteiger partial charge is 0.496 e. The molecule has 0 atom stereocenters. The zero-order valence-electron chi connectivity index (χ0n) is 10.2. The van der Waals surface area contributed by atoms with Crippen molar-refractivity contribution < 1.29 is 17.9 Å². The molecule has 0 unspecified atom stereocenters. The Labute approximate surface area is 108 Å². The molecule has 0 aliphatic heterocycles. The lowest BCUT2D eigenvalue weighted by Crippen LogP contribution is -2.08. The fourth-order valence-electron chi connectivity index (χ4n) is 1.85. The van der Waals surface area contributed by atoms with Crippen LogP contribution in [0.2, 0.25) is 0 Å². The van der Waals surface area contributed by atoms with Crippen LogP contribution in [0.25, 0.3) is 11.1 Å². The van der Waals surface area contributed by atoms with Crippen LogP contribution in [0.4, 0.5) is 18.9 Å². The fraction of sp³-hybridized carbons (Fsp3) is 0.143. The van der Waals surface area contributed by atoms with Gasteiger partial charge in [-0.2, -0.15) is 13.2 Å². The van der Waals surface area contributed by atoms with Crippen molar-refractivity contribution in [2.24, 2.45) is 0 Å². The molecule has 0 saturated carbocycles. The third-order valence-corrected chi connectivity index (χ3v) is 2.76. The van der Waals surface area contributed by atoms with Gasteiger partial charge in [0.25, 0.3) is 0 Å². The van der Waals surface area contributed by atoms with Crippen LogP contribution in [0.1, 0.15) is 5.56 Å². The Bertz CT molecular complexity index is 579. The predicted molar refractivity (Wildman–Crippen MR) is 67.8 cm³/mol. The molecule has 0 saturated heterocycles. The molecule has 0 spiro atoms. The van der Waals surface area contributed by atoms with Gasteiger partial charge in [0.2, 0.25) is 0 Å². The number of benzene rings is 2. The molecule has 0 fully saturated rings. The molecule has 2 rings (SSSR count). The molecule has 100 valence electrons. The molecule has 0 aromatic heterocycles. The average molecular weight is 267 g/mol. The van der Waals surface area contributed by atoms with E-state index in [1.807, 2.05) is 0 Å². The van der Waals surface area contributed by atoms with E-state index >= 15 is 0 Å². The first-order chi connectivity index (χ1) is 8.93. The first kappa shape index (κ1) is 13.3. The van der Waals surface area contributed by atoms with E-state index in [0.29, 0.717) is 11.1 Å². The molecule has 0 bridgehead atoms. The molecule has 2 N–H and O–H groups in total. The van der Waals surface area contributed by atoms with Gasteiger partial charge in [0.15, 0.2) is 0 Å². The molecular formula is C14H12F3NO. The number of nitrogen functional groups attached to an aromatic ring is 1. The lowest BCUT2D eigenvalue weighted by atomic mass is 10.00.